The predicted molar refractivity (Wildman–Crippen MR) is 112 cm³/mol. The number of para-hydroxylation sites is 1. The van der Waals surface area contributed by atoms with E-state index in [0.29, 0.717) is 5.56 Å². The van der Waals surface area contributed by atoms with Crippen LogP contribution in [0.5, 0.6) is 5.75 Å². The molecule has 0 atom stereocenters. The first-order chi connectivity index (χ1) is 14.3. The van der Waals surface area contributed by atoms with Gasteiger partial charge in [-0.1, -0.05) is 30.3 Å². The van der Waals surface area contributed by atoms with Gasteiger partial charge in [-0.15, -0.1) is 0 Å². The quantitative estimate of drug-likeness (QED) is 0.617. The number of methoxy groups -OCH3 is 1. The topological polar surface area (TPSA) is 66.9 Å². The number of hydrogen-bond acceptors (Lipinski definition) is 4. The molecule has 0 saturated carbocycles. The molecule has 0 spiro atoms. The van der Waals surface area contributed by atoms with Crippen LogP contribution in [0.4, 0.5) is 20.6 Å². The van der Waals surface area contributed by atoms with Gasteiger partial charge in [0.15, 0.2) is 11.6 Å². The van der Waals surface area contributed by atoms with E-state index >= 15 is 0 Å². The maximum Gasteiger partial charge on any atom is 0.343 e. The van der Waals surface area contributed by atoms with Crippen molar-refractivity contribution in [2.45, 2.75) is 18.4 Å². The van der Waals surface area contributed by atoms with Gasteiger partial charge in [-0.05, 0) is 54.4 Å². The molecule has 0 saturated heterocycles. The van der Waals surface area contributed by atoms with E-state index in [2.05, 4.69) is 0 Å². The number of ether oxygens (including phenoxy) is 1. The second-order valence-corrected chi connectivity index (χ2v) is 8.67. The largest absolute Gasteiger partial charge is 0.494 e. The minimum atomic E-state index is -4.10. The molecule has 0 aliphatic carbocycles. The molecule has 154 valence electrons. The molecule has 0 N–H and O–H groups in total. The van der Waals surface area contributed by atoms with Crippen molar-refractivity contribution < 1.29 is 22.3 Å². The first kappa shape index (κ1) is 19.9. The van der Waals surface area contributed by atoms with Crippen LogP contribution in [0.2, 0.25) is 0 Å². The van der Waals surface area contributed by atoms with E-state index in [1.807, 2.05) is 13.0 Å². The van der Waals surface area contributed by atoms with E-state index < -0.39 is 21.9 Å². The summed E-state index contributed by atoms with van der Waals surface area (Å²) >= 11 is 0. The number of fused-ring (bicyclic) bond motifs is 1. The van der Waals surface area contributed by atoms with Crippen LogP contribution in [-0.2, 0) is 16.6 Å². The summed E-state index contributed by atoms with van der Waals surface area (Å²) in [6.07, 6.45) is 0. The molecule has 2 amide bonds. The summed E-state index contributed by atoms with van der Waals surface area (Å²) in [5.74, 6) is -0.469. The van der Waals surface area contributed by atoms with Crippen molar-refractivity contribution in [3.05, 3.63) is 83.7 Å². The first-order valence-electron chi connectivity index (χ1n) is 9.18. The fourth-order valence-electron chi connectivity index (χ4n) is 3.46. The molecule has 0 fully saturated rings. The van der Waals surface area contributed by atoms with Crippen LogP contribution >= 0.6 is 0 Å². The fraction of sp³-hybridized carbons (Fsp3) is 0.136. The van der Waals surface area contributed by atoms with Crippen molar-refractivity contribution in [3.63, 3.8) is 0 Å². The lowest BCUT2D eigenvalue weighted by Crippen LogP contribution is -2.50. The van der Waals surface area contributed by atoms with E-state index in [9.17, 15) is 17.6 Å². The number of hydrogen-bond donors (Lipinski definition) is 0. The van der Waals surface area contributed by atoms with Gasteiger partial charge in [0.1, 0.15) is 4.90 Å². The molecular formula is C22H19FN2O4S. The zero-order valence-electron chi connectivity index (χ0n) is 16.4. The smallest absolute Gasteiger partial charge is 0.343 e. The van der Waals surface area contributed by atoms with Crippen LogP contribution in [-0.4, -0.2) is 21.6 Å². The number of aryl methyl sites for hydroxylation is 1. The third-order valence-electron chi connectivity index (χ3n) is 4.87. The molecular weight excluding hydrogens is 407 g/mol. The predicted octanol–water partition coefficient (Wildman–Crippen LogP) is 4.48. The Balaban J connectivity index is 1.84. The average molecular weight is 426 g/mol. The highest BCUT2D eigenvalue weighted by Gasteiger charge is 2.42. The lowest BCUT2D eigenvalue weighted by atomic mass is 10.1. The number of halogens is 1. The standard InChI is InChI=1S/C22H19FN2O4S/c1-15-6-5-7-17(12-15)25-22(26)24(14-16-10-11-20(29-2)18(23)13-16)19-8-3-4-9-21(19)30(25,27)28/h3-13H,14H2,1-2H3. The molecule has 8 heteroatoms. The number of nitrogens with zero attached hydrogens (tertiary/aromatic N) is 2. The van der Waals surface area contributed by atoms with Crippen LogP contribution in [0.25, 0.3) is 0 Å². The second kappa shape index (κ2) is 7.46. The van der Waals surface area contributed by atoms with Crippen LogP contribution in [0.1, 0.15) is 11.1 Å². The lowest BCUT2D eigenvalue weighted by molar-refractivity contribution is 0.253. The van der Waals surface area contributed by atoms with Crippen LogP contribution in [0, 0.1) is 12.7 Å². The number of carbonyl (C=O) groups is 1. The molecule has 0 unspecified atom stereocenters. The number of rotatable bonds is 4. The Morgan fingerprint density at radius 1 is 1.00 bits per heavy atom. The van der Waals surface area contributed by atoms with Gasteiger partial charge in [0.25, 0.3) is 10.0 Å². The van der Waals surface area contributed by atoms with Gasteiger partial charge >= 0.3 is 6.03 Å². The van der Waals surface area contributed by atoms with Crippen molar-refractivity contribution in [2.24, 2.45) is 0 Å². The van der Waals surface area contributed by atoms with Crippen LogP contribution in [0.15, 0.2) is 71.6 Å². The summed E-state index contributed by atoms with van der Waals surface area (Å²) in [7, 11) is -2.73. The second-order valence-electron chi connectivity index (χ2n) is 6.91. The van der Waals surface area contributed by atoms with Gasteiger partial charge in [0.05, 0.1) is 25.0 Å². The summed E-state index contributed by atoms with van der Waals surface area (Å²) in [4.78, 5) is 14.7. The Kier molecular flexibility index (Phi) is 4.95. The van der Waals surface area contributed by atoms with E-state index in [1.165, 1.54) is 30.2 Å². The third kappa shape index (κ3) is 3.29. The number of sulfonamides is 1. The molecule has 0 radical (unpaired) electrons. The highest BCUT2D eigenvalue weighted by atomic mass is 32.2. The Bertz CT molecular complexity index is 1240. The maximum absolute atomic E-state index is 14.2. The fourth-order valence-corrected chi connectivity index (χ4v) is 5.04. The SMILES string of the molecule is COc1ccc(CN2C(=O)N(c3cccc(C)c3)S(=O)(=O)c3ccccc32)cc1F. The average Bonchev–Trinajstić information content (AvgIpc) is 2.71. The van der Waals surface area contributed by atoms with Gasteiger partial charge in [0.2, 0.25) is 0 Å². The molecule has 1 heterocycles. The normalized spacial score (nSPS) is 15.1. The summed E-state index contributed by atoms with van der Waals surface area (Å²) in [6.45, 7) is 1.81. The molecule has 3 aromatic carbocycles. The molecule has 1 aliphatic heterocycles. The number of urea groups is 1. The summed E-state index contributed by atoms with van der Waals surface area (Å²) in [5, 5.41) is 0. The van der Waals surface area contributed by atoms with Gasteiger partial charge in [-0.3, -0.25) is 4.90 Å². The minimum absolute atomic E-state index is 0.00536. The van der Waals surface area contributed by atoms with E-state index in [0.717, 1.165) is 9.87 Å². The molecule has 3 aromatic rings. The van der Waals surface area contributed by atoms with Gasteiger partial charge in [-0.25, -0.2) is 17.6 Å². The van der Waals surface area contributed by atoms with Crippen molar-refractivity contribution >= 4 is 27.4 Å². The van der Waals surface area contributed by atoms with Crippen molar-refractivity contribution in [1.29, 1.82) is 0 Å². The third-order valence-corrected chi connectivity index (χ3v) is 6.62. The summed E-state index contributed by atoms with van der Waals surface area (Å²) in [5.41, 5.74) is 1.82. The monoisotopic (exact) mass is 426 g/mol. The Morgan fingerprint density at radius 2 is 1.77 bits per heavy atom. The first-order valence-corrected chi connectivity index (χ1v) is 10.6. The zero-order valence-corrected chi connectivity index (χ0v) is 17.2. The van der Waals surface area contributed by atoms with Crippen molar-refractivity contribution in [1.82, 2.24) is 0 Å². The molecule has 4 rings (SSSR count). The lowest BCUT2D eigenvalue weighted by Gasteiger charge is -2.36. The van der Waals surface area contributed by atoms with E-state index in [-0.39, 0.29) is 28.6 Å². The maximum atomic E-state index is 14.2. The summed E-state index contributed by atoms with van der Waals surface area (Å²) < 4.78 is 46.4. The molecule has 6 nitrogen and oxygen atoms in total. The van der Waals surface area contributed by atoms with E-state index in [1.54, 1.807) is 42.5 Å². The highest BCUT2D eigenvalue weighted by molar-refractivity contribution is 7.94. The Morgan fingerprint density at radius 3 is 2.47 bits per heavy atom. The number of anilines is 2. The van der Waals surface area contributed by atoms with E-state index in [4.69, 9.17) is 4.74 Å². The van der Waals surface area contributed by atoms with Gasteiger partial charge in [-0.2, -0.15) is 4.31 Å². The zero-order chi connectivity index (χ0) is 21.5. The molecule has 30 heavy (non-hydrogen) atoms. The number of benzene rings is 3. The number of amides is 2. The highest BCUT2D eigenvalue weighted by Crippen LogP contribution is 2.38. The van der Waals surface area contributed by atoms with Gasteiger partial charge < -0.3 is 4.74 Å². The molecule has 0 bridgehead atoms. The molecule has 0 aromatic heterocycles. The Hall–Kier alpha value is -3.39. The Labute approximate surface area is 174 Å². The summed E-state index contributed by atoms with van der Waals surface area (Å²) in [6, 6.07) is 16.7. The van der Waals surface area contributed by atoms with Crippen LogP contribution < -0.4 is 13.9 Å². The molecule has 1 aliphatic rings. The minimum Gasteiger partial charge on any atom is -0.494 e. The number of carbonyl (C=O) groups excluding carboxylic acids is 1. The van der Waals surface area contributed by atoms with Crippen molar-refractivity contribution in [2.75, 3.05) is 16.3 Å². The van der Waals surface area contributed by atoms with Crippen molar-refractivity contribution in [3.8, 4) is 5.75 Å². The van der Waals surface area contributed by atoms with Gasteiger partial charge in [0, 0.05) is 0 Å². The van der Waals surface area contributed by atoms with Crippen LogP contribution in [0.3, 0.4) is 0 Å².